The lowest BCUT2D eigenvalue weighted by molar-refractivity contribution is 0.112. The smallest absolute Gasteiger partial charge is 0.153 e. The first-order valence-electron chi connectivity index (χ1n) is 4.85. The minimum atomic E-state index is -0.593. The Bertz CT molecular complexity index is 580. The lowest BCUT2D eigenvalue weighted by Gasteiger charge is -2.05. The van der Waals surface area contributed by atoms with E-state index >= 15 is 0 Å². The van der Waals surface area contributed by atoms with E-state index in [9.17, 15) is 18.7 Å². The van der Waals surface area contributed by atoms with Gasteiger partial charge in [-0.3, -0.25) is 4.79 Å². The van der Waals surface area contributed by atoms with E-state index in [1.54, 1.807) is 0 Å². The van der Waals surface area contributed by atoms with Crippen LogP contribution in [-0.2, 0) is 0 Å². The second kappa shape index (κ2) is 4.33. The highest BCUT2D eigenvalue weighted by molar-refractivity contribution is 5.81. The van der Waals surface area contributed by atoms with Crippen molar-refractivity contribution in [2.45, 2.75) is 0 Å². The third kappa shape index (κ3) is 2.15. The zero-order chi connectivity index (χ0) is 12.4. The molecule has 2 aromatic carbocycles. The van der Waals surface area contributed by atoms with Gasteiger partial charge in [-0.2, -0.15) is 0 Å². The Morgan fingerprint density at radius 2 is 1.82 bits per heavy atom. The van der Waals surface area contributed by atoms with Crippen LogP contribution in [0.3, 0.4) is 0 Å². The van der Waals surface area contributed by atoms with Crippen molar-refractivity contribution in [2.24, 2.45) is 0 Å². The quantitative estimate of drug-likeness (QED) is 0.810. The molecule has 0 heterocycles. The van der Waals surface area contributed by atoms with Crippen LogP contribution < -0.4 is 0 Å². The molecule has 86 valence electrons. The van der Waals surface area contributed by atoms with Crippen molar-refractivity contribution in [3.63, 3.8) is 0 Å². The maximum atomic E-state index is 13.5. The number of rotatable bonds is 2. The van der Waals surface area contributed by atoms with Crippen molar-refractivity contribution in [2.75, 3.05) is 0 Å². The summed E-state index contributed by atoms with van der Waals surface area (Å²) in [6.45, 7) is 0. The number of hydrogen-bond acceptors (Lipinski definition) is 2. The van der Waals surface area contributed by atoms with Gasteiger partial charge in [0.05, 0.1) is 5.56 Å². The summed E-state index contributed by atoms with van der Waals surface area (Å²) in [6.07, 6.45) is 0.487. The maximum absolute atomic E-state index is 13.5. The molecule has 0 aliphatic heterocycles. The van der Waals surface area contributed by atoms with Gasteiger partial charge in [-0.25, -0.2) is 8.78 Å². The lowest BCUT2D eigenvalue weighted by Crippen LogP contribution is -1.88. The highest BCUT2D eigenvalue weighted by Crippen LogP contribution is 2.28. The van der Waals surface area contributed by atoms with Gasteiger partial charge < -0.3 is 5.11 Å². The zero-order valence-electron chi connectivity index (χ0n) is 8.65. The minimum absolute atomic E-state index is 0.0396. The number of hydrogen-bond donors (Lipinski definition) is 1. The second-order valence-corrected chi connectivity index (χ2v) is 3.52. The Morgan fingerprint density at radius 3 is 2.47 bits per heavy atom. The fraction of sp³-hybridized carbons (Fsp3) is 0. The summed E-state index contributed by atoms with van der Waals surface area (Å²) in [4.78, 5) is 10.5. The van der Waals surface area contributed by atoms with Crippen molar-refractivity contribution >= 4 is 6.29 Å². The van der Waals surface area contributed by atoms with Crippen LogP contribution in [0.5, 0.6) is 5.75 Å². The van der Waals surface area contributed by atoms with Crippen molar-refractivity contribution in [1.29, 1.82) is 0 Å². The third-order valence-corrected chi connectivity index (χ3v) is 2.40. The van der Waals surface area contributed by atoms with Gasteiger partial charge in [0, 0.05) is 5.56 Å². The van der Waals surface area contributed by atoms with Gasteiger partial charge in [0.2, 0.25) is 0 Å². The average Bonchev–Trinajstić information content (AvgIpc) is 2.32. The van der Waals surface area contributed by atoms with Crippen molar-refractivity contribution in [1.82, 2.24) is 0 Å². The zero-order valence-corrected chi connectivity index (χ0v) is 8.65. The predicted molar refractivity (Wildman–Crippen MR) is 58.8 cm³/mol. The molecule has 0 spiro atoms. The highest BCUT2D eigenvalue weighted by Gasteiger charge is 2.09. The molecule has 2 aromatic rings. The summed E-state index contributed by atoms with van der Waals surface area (Å²) < 4.78 is 26.4. The van der Waals surface area contributed by atoms with E-state index < -0.39 is 11.6 Å². The molecule has 0 aliphatic rings. The molecule has 0 unspecified atom stereocenters. The molecule has 0 atom stereocenters. The van der Waals surface area contributed by atoms with Gasteiger partial charge in [0.1, 0.15) is 17.4 Å². The number of benzene rings is 2. The number of phenolic OH excluding ortho intramolecular Hbond substituents is 1. The predicted octanol–water partition coefficient (Wildman–Crippen LogP) is 3.15. The monoisotopic (exact) mass is 234 g/mol. The van der Waals surface area contributed by atoms with Crippen LogP contribution in [-0.4, -0.2) is 11.4 Å². The van der Waals surface area contributed by atoms with Crippen LogP contribution >= 0.6 is 0 Å². The lowest BCUT2D eigenvalue weighted by atomic mass is 10.0. The van der Waals surface area contributed by atoms with E-state index in [2.05, 4.69) is 0 Å². The molecule has 0 amide bonds. The molecular formula is C13H8F2O2. The van der Waals surface area contributed by atoms with Crippen LogP contribution in [0, 0.1) is 11.6 Å². The van der Waals surface area contributed by atoms with Gasteiger partial charge in [0.15, 0.2) is 6.29 Å². The normalized spacial score (nSPS) is 10.2. The summed E-state index contributed by atoms with van der Waals surface area (Å²) in [5.74, 6) is -1.42. The number of aromatic hydroxyl groups is 1. The Kier molecular flexibility index (Phi) is 2.87. The number of phenols is 1. The van der Waals surface area contributed by atoms with Crippen molar-refractivity contribution in [3.8, 4) is 16.9 Å². The van der Waals surface area contributed by atoms with Crippen LogP contribution in [0.1, 0.15) is 10.4 Å². The minimum Gasteiger partial charge on any atom is -0.507 e. The molecule has 0 saturated carbocycles. The van der Waals surface area contributed by atoms with E-state index in [0.717, 1.165) is 18.2 Å². The van der Waals surface area contributed by atoms with Gasteiger partial charge >= 0.3 is 0 Å². The number of halogens is 2. The number of carbonyl (C=O) groups excluding carboxylic acids is 1. The van der Waals surface area contributed by atoms with Gasteiger partial charge in [-0.1, -0.05) is 6.07 Å². The molecule has 0 aromatic heterocycles. The van der Waals surface area contributed by atoms with E-state index in [1.165, 1.54) is 18.2 Å². The summed E-state index contributed by atoms with van der Waals surface area (Å²) in [7, 11) is 0. The molecule has 17 heavy (non-hydrogen) atoms. The van der Waals surface area contributed by atoms with Crippen molar-refractivity contribution < 1.29 is 18.7 Å². The second-order valence-electron chi connectivity index (χ2n) is 3.52. The summed E-state index contributed by atoms with van der Waals surface area (Å²) in [5.41, 5.74) is 0.452. The molecule has 1 N–H and O–H groups in total. The van der Waals surface area contributed by atoms with E-state index in [-0.39, 0.29) is 16.9 Å². The largest absolute Gasteiger partial charge is 0.507 e. The molecular weight excluding hydrogens is 226 g/mol. The summed E-state index contributed by atoms with van der Waals surface area (Å²) in [6, 6.07) is 7.07. The maximum Gasteiger partial charge on any atom is 0.153 e. The Balaban J connectivity index is 2.57. The molecule has 0 bridgehead atoms. The molecule has 0 saturated heterocycles. The summed E-state index contributed by atoms with van der Waals surface area (Å²) >= 11 is 0. The van der Waals surface area contributed by atoms with Gasteiger partial charge in [-0.15, -0.1) is 0 Å². The first-order chi connectivity index (χ1) is 8.11. The molecule has 4 heteroatoms. The average molecular weight is 234 g/mol. The molecule has 0 fully saturated rings. The number of aldehydes is 1. The molecule has 0 aliphatic carbocycles. The topological polar surface area (TPSA) is 37.3 Å². The Hall–Kier alpha value is -2.23. The Labute approximate surface area is 96.1 Å². The van der Waals surface area contributed by atoms with Crippen LogP contribution in [0.4, 0.5) is 8.78 Å². The standard InChI is InChI=1S/C13H8F2O2/c14-10-3-4-12(15)11(6-10)8-1-2-9(7-16)13(17)5-8/h1-7,17H. The third-order valence-electron chi connectivity index (χ3n) is 2.40. The Morgan fingerprint density at radius 1 is 1.06 bits per heavy atom. The highest BCUT2D eigenvalue weighted by atomic mass is 19.1. The number of carbonyl (C=O) groups is 1. The SMILES string of the molecule is O=Cc1ccc(-c2cc(F)ccc2F)cc1O. The fourth-order valence-corrected chi connectivity index (χ4v) is 1.53. The van der Waals surface area contributed by atoms with Crippen LogP contribution in [0.15, 0.2) is 36.4 Å². The van der Waals surface area contributed by atoms with E-state index in [0.29, 0.717) is 11.8 Å². The fourth-order valence-electron chi connectivity index (χ4n) is 1.53. The first-order valence-corrected chi connectivity index (χ1v) is 4.85. The van der Waals surface area contributed by atoms with E-state index in [4.69, 9.17) is 0 Å². The molecule has 2 rings (SSSR count). The van der Waals surface area contributed by atoms with Gasteiger partial charge in [-0.05, 0) is 35.9 Å². The molecule has 2 nitrogen and oxygen atoms in total. The van der Waals surface area contributed by atoms with Gasteiger partial charge in [0.25, 0.3) is 0 Å². The summed E-state index contributed by atoms with van der Waals surface area (Å²) in [5, 5.41) is 9.47. The van der Waals surface area contributed by atoms with Crippen LogP contribution in [0.2, 0.25) is 0 Å². The van der Waals surface area contributed by atoms with E-state index in [1.807, 2.05) is 0 Å². The van der Waals surface area contributed by atoms with Crippen molar-refractivity contribution in [3.05, 3.63) is 53.6 Å². The van der Waals surface area contributed by atoms with Crippen LogP contribution in [0.25, 0.3) is 11.1 Å². The molecule has 0 radical (unpaired) electrons. The first kappa shape index (κ1) is 11.3.